The lowest BCUT2D eigenvalue weighted by atomic mass is 10.0. The van der Waals surface area contributed by atoms with Crippen LogP contribution in [0.5, 0.6) is 0 Å². The molecule has 0 fully saturated rings. The summed E-state index contributed by atoms with van der Waals surface area (Å²) in [5, 5.41) is 0.466. The minimum absolute atomic E-state index is 0.325. The van der Waals surface area contributed by atoms with Crippen LogP contribution in [0.25, 0.3) is 11.3 Å². The Morgan fingerprint density at radius 2 is 2.00 bits per heavy atom. The molecule has 0 atom stereocenters. The highest BCUT2D eigenvalue weighted by atomic mass is 35.5. The molecule has 4 nitrogen and oxygen atoms in total. The lowest BCUT2D eigenvalue weighted by Crippen LogP contribution is -1.96. The fraction of sp³-hybridized carbons (Fsp3) is 0.0588. The Hall–Kier alpha value is -2.31. The van der Waals surface area contributed by atoms with Crippen LogP contribution in [0.2, 0.25) is 5.02 Å². The van der Waals surface area contributed by atoms with E-state index in [9.17, 15) is 4.39 Å². The first kappa shape index (κ1) is 16.5. The fourth-order valence-electron chi connectivity index (χ4n) is 2.10. The van der Waals surface area contributed by atoms with Crippen molar-refractivity contribution in [2.24, 2.45) is 0 Å². The number of rotatable bonds is 4. The summed E-state index contributed by atoms with van der Waals surface area (Å²) >= 11 is 7.60. The van der Waals surface area contributed by atoms with Gasteiger partial charge in [-0.05, 0) is 60.8 Å². The third kappa shape index (κ3) is 3.77. The Morgan fingerprint density at radius 3 is 2.75 bits per heavy atom. The van der Waals surface area contributed by atoms with Gasteiger partial charge in [0.05, 0.1) is 10.7 Å². The second-order valence-electron chi connectivity index (χ2n) is 5.11. The molecule has 122 valence electrons. The van der Waals surface area contributed by atoms with E-state index in [1.807, 2.05) is 13.0 Å². The Bertz CT molecular complexity index is 871. The summed E-state index contributed by atoms with van der Waals surface area (Å²) in [4.78, 5) is 9.42. The second-order valence-corrected chi connectivity index (χ2v) is 6.40. The topological polar surface area (TPSA) is 63.8 Å². The van der Waals surface area contributed by atoms with Crippen molar-refractivity contribution >= 4 is 35.2 Å². The number of anilines is 2. The zero-order valence-corrected chi connectivity index (χ0v) is 14.3. The first-order valence-electron chi connectivity index (χ1n) is 7.10. The Kier molecular flexibility index (Phi) is 4.87. The van der Waals surface area contributed by atoms with Gasteiger partial charge in [0.1, 0.15) is 17.5 Å². The van der Waals surface area contributed by atoms with Crippen LogP contribution in [-0.4, -0.2) is 9.97 Å². The number of hydrogen-bond acceptors (Lipinski definition) is 5. The van der Waals surface area contributed by atoms with Gasteiger partial charge in [-0.2, -0.15) is 0 Å². The van der Waals surface area contributed by atoms with Crippen molar-refractivity contribution < 1.29 is 4.39 Å². The van der Waals surface area contributed by atoms with Gasteiger partial charge in [0.15, 0.2) is 0 Å². The number of pyridine rings is 2. The maximum absolute atomic E-state index is 13.6. The largest absolute Gasteiger partial charge is 0.384 e. The van der Waals surface area contributed by atoms with E-state index >= 15 is 0 Å². The average Bonchev–Trinajstić information content (AvgIpc) is 2.58. The van der Waals surface area contributed by atoms with Gasteiger partial charge in [-0.3, -0.25) is 0 Å². The van der Waals surface area contributed by atoms with Crippen LogP contribution in [0.4, 0.5) is 16.0 Å². The standard InChI is InChI=1S/C17H14ClFN4S/c1-10-2-3-11(19)8-13(10)17-14(18)5-7-16(22-17)23-24-12-4-6-15(20)21-9-12/h2-9H,1H3,(H2,20,21)(H,22,23). The first-order chi connectivity index (χ1) is 11.5. The molecule has 0 aliphatic carbocycles. The van der Waals surface area contributed by atoms with Crippen LogP contribution >= 0.6 is 23.5 Å². The van der Waals surface area contributed by atoms with Crippen molar-refractivity contribution in [2.75, 3.05) is 10.5 Å². The van der Waals surface area contributed by atoms with E-state index in [2.05, 4.69) is 14.7 Å². The molecule has 3 rings (SSSR count). The molecule has 0 amide bonds. The van der Waals surface area contributed by atoms with Gasteiger partial charge in [-0.1, -0.05) is 17.7 Å². The van der Waals surface area contributed by atoms with Crippen molar-refractivity contribution in [1.82, 2.24) is 9.97 Å². The number of hydrogen-bond donors (Lipinski definition) is 2. The van der Waals surface area contributed by atoms with E-state index in [0.717, 1.165) is 10.5 Å². The normalized spacial score (nSPS) is 10.6. The van der Waals surface area contributed by atoms with Gasteiger partial charge in [0, 0.05) is 16.7 Å². The van der Waals surface area contributed by atoms with Crippen LogP contribution in [0.15, 0.2) is 53.6 Å². The summed E-state index contributed by atoms with van der Waals surface area (Å²) in [7, 11) is 0. The Balaban J connectivity index is 1.86. The molecule has 3 N–H and O–H groups in total. The number of nitrogens with one attached hydrogen (secondary N) is 1. The van der Waals surface area contributed by atoms with Crippen molar-refractivity contribution in [3.8, 4) is 11.3 Å². The molecular weight excluding hydrogens is 347 g/mol. The molecular formula is C17H14ClFN4S. The van der Waals surface area contributed by atoms with Crippen LogP contribution in [-0.2, 0) is 0 Å². The molecule has 0 bridgehead atoms. The molecule has 0 radical (unpaired) electrons. The monoisotopic (exact) mass is 360 g/mol. The molecule has 0 unspecified atom stereocenters. The smallest absolute Gasteiger partial charge is 0.136 e. The van der Waals surface area contributed by atoms with E-state index in [-0.39, 0.29) is 5.82 Å². The van der Waals surface area contributed by atoms with Crippen LogP contribution in [0.3, 0.4) is 0 Å². The third-order valence-electron chi connectivity index (χ3n) is 3.33. The van der Waals surface area contributed by atoms with Gasteiger partial charge >= 0.3 is 0 Å². The van der Waals surface area contributed by atoms with E-state index in [4.69, 9.17) is 17.3 Å². The van der Waals surface area contributed by atoms with Crippen molar-refractivity contribution in [1.29, 1.82) is 0 Å². The predicted octanol–water partition coefficient (Wildman–Crippen LogP) is 4.95. The number of aryl methyl sites for hydroxylation is 1. The highest BCUT2D eigenvalue weighted by molar-refractivity contribution is 8.00. The minimum atomic E-state index is -0.325. The third-order valence-corrected chi connectivity index (χ3v) is 4.43. The van der Waals surface area contributed by atoms with Gasteiger partial charge in [0.2, 0.25) is 0 Å². The zero-order chi connectivity index (χ0) is 17.1. The van der Waals surface area contributed by atoms with Gasteiger partial charge < -0.3 is 10.5 Å². The van der Waals surface area contributed by atoms with E-state index in [1.54, 1.807) is 30.5 Å². The summed E-state index contributed by atoms with van der Waals surface area (Å²) in [5.74, 6) is 0.752. The summed E-state index contributed by atoms with van der Waals surface area (Å²) in [6.45, 7) is 1.89. The zero-order valence-electron chi connectivity index (χ0n) is 12.8. The molecule has 0 saturated heterocycles. The SMILES string of the molecule is Cc1ccc(F)cc1-c1nc(NSc2ccc(N)nc2)ccc1Cl. The van der Waals surface area contributed by atoms with Crippen molar-refractivity contribution in [2.45, 2.75) is 11.8 Å². The van der Waals surface area contributed by atoms with E-state index in [1.165, 1.54) is 24.1 Å². The number of nitrogens with two attached hydrogens (primary N) is 1. The summed E-state index contributed by atoms with van der Waals surface area (Å²) in [6, 6.07) is 11.6. The van der Waals surface area contributed by atoms with Crippen LogP contribution in [0.1, 0.15) is 5.56 Å². The lowest BCUT2D eigenvalue weighted by molar-refractivity contribution is 0.628. The average molecular weight is 361 g/mol. The fourth-order valence-corrected chi connectivity index (χ4v) is 2.89. The molecule has 0 aliphatic rings. The predicted molar refractivity (Wildman–Crippen MR) is 97.5 cm³/mol. The number of benzene rings is 1. The summed E-state index contributed by atoms with van der Waals surface area (Å²) in [5.41, 5.74) is 7.67. The minimum Gasteiger partial charge on any atom is -0.384 e. The molecule has 24 heavy (non-hydrogen) atoms. The molecule has 0 spiro atoms. The number of nitrogens with zero attached hydrogens (tertiary/aromatic N) is 2. The van der Waals surface area contributed by atoms with E-state index in [0.29, 0.717) is 27.9 Å². The number of aromatic nitrogens is 2. The summed E-state index contributed by atoms with van der Waals surface area (Å²) in [6.07, 6.45) is 1.67. The first-order valence-corrected chi connectivity index (χ1v) is 8.30. The molecule has 7 heteroatoms. The molecule has 2 aromatic heterocycles. The highest BCUT2D eigenvalue weighted by Crippen LogP contribution is 2.31. The van der Waals surface area contributed by atoms with Crippen LogP contribution < -0.4 is 10.5 Å². The quantitative estimate of drug-likeness (QED) is 0.645. The maximum atomic E-state index is 13.6. The van der Waals surface area contributed by atoms with Crippen molar-refractivity contribution in [3.63, 3.8) is 0 Å². The van der Waals surface area contributed by atoms with Crippen molar-refractivity contribution in [3.05, 3.63) is 65.1 Å². The number of nitrogen functional groups attached to an aromatic ring is 1. The molecule has 0 aliphatic heterocycles. The van der Waals surface area contributed by atoms with E-state index < -0.39 is 0 Å². The number of halogens is 2. The Morgan fingerprint density at radius 1 is 1.17 bits per heavy atom. The molecule has 3 aromatic rings. The molecule has 2 heterocycles. The maximum Gasteiger partial charge on any atom is 0.136 e. The van der Waals surface area contributed by atoms with Gasteiger partial charge in [0.25, 0.3) is 0 Å². The molecule has 1 aromatic carbocycles. The van der Waals surface area contributed by atoms with Crippen LogP contribution in [0, 0.1) is 12.7 Å². The van der Waals surface area contributed by atoms with Gasteiger partial charge in [-0.25, -0.2) is 14.4 Å². The molecule has 0 saturated carbocycles. The Labute approximate surface area is 148 Å². The van der Waals surface area contributed by atoms with Gasteiger partial charge in [-0.15, -0.1) is 0 Å². The highest BCUT2D eigenvalue weighted by Gasteiger charge is 2.11. The lowest BCUT2D eigenvalue weighted by Gasteiger charge is -2.10. The second kappa shape index (κ2) is 7.07. The summed E-state index contributed by atoms with van der Waals surface area (Å²) < 4.78 is 16.7.